The van der Waals surface area contributed by atoms with Crippen LogP contribution in [0.4, 0.5) is 24.5 Å². The average molecular weight is 550 g/mol. The first kappa shape index (κ1) is 27.8. The number of aromatic nitrogens is 1. The summed E-state index contributed by atoms with van der Waals surface area (Å²) in [6, 6.07) is 19.5. The minimum Gasteiger partial charge on any atom is -0.508 e. The smallest absolute Gasteiger partial charge is 0.422 e. The van der Waals surface area contributed by atoms with Gasteiger partial charge in [-0.2, -0.15) is 13.2 Å². The van der Waals surface area contributed by atoms with Crippen LogP contribution in [0.25, 0.3) is 11.1 Å². The Kier molecular flexibility index (Phi) is 8.13. The standard InChI is InChI=1S/C29H22F3N3O5/c1-17-2-9-23(34-27(38)21-12-22(15-33-14-21)28(39)40-16-29(30,31)32)13-25(17)35-26(37)20-5-3-18(4-6-20)19-7-10-24(36)11-8-19/h2-15,36H,16H2,1H3,(H,34,38)(H,35,37). The summed E-state index contributed by atoms with van der Waals surface area (Å²) >= 11 is 0. The number of nitrogens with zero attached hydrogens (tertiary/aromatic N) is 1. The molecule has 0 aliphatic heterocycles. The molecule has 3 aromatic carbocycles. The van der Waals surface area contributed by atoms with Crippen LogP contribution < -0.4 is 10.6 Å². The van der Waals surface area contributed by atoms with Crippen molar-refractivity contribution in [2.45, 2.75) is 13.1 Å². The van der Waals surface area contributed by atoms with Crippen LogP contribution in [0, 0.1) is 6.92 Å². The van der Waals surface area contributed by atoms with E-state index in [1.807, 2.05) is 0 Å². The van der Waals surface area contributed by atoms with Crippen LogP contribution in [0.5, 0.6) is 5.75 Å². The number of hydrogen-bond acceptors (Lipinski definition) is 6. The number of aromatic hydroxyl groups is 1. The molecule has 0 bridgehead atoms. The fourth-order valence-electron chi connectivity index (χ4n) is 3.61. The highest BCUT2D eigenvalue weighted by atomic mass is 19.4. The molecule has 0 aliphatic carbocycles. The van der Waals surface area contributed by atoms with Gasteiger partial charge in [0.1, 0.15) is 5.75 Å². The van der Waals surface area contributed by atoms with Crippen molar-refractivity contribution in [3.8, 4) is 16.9 Å². The number of aryl methyl sites for hydroxylation is 1. The zero-order valence-electron chi connectivity index (χ0n) is 21.0. The summed E-state index contributed by atoms with van der Waals surface area (Å²) in [4.78, 5) is 41.2. The molecule has 4 rings (SSSR count). The van der Waals surface area contributed by atoms with Crippen molar-refractivity contribution in [2.24, 2.45) is 0 Å². The molecule has 0 fully saturated rings. The summed E-state index contributed by atoms with van der Waals surface area (Å²) in [5.74, 6) is -2.17. The second-order valence-electron chi connectivity index (χ2n) is 8.72. The minimum absolute atomic E-state index is 0.0821. The molecular weight excluding hydrogens is 527 g/mol. The number of ether oxygens (including phenoxy) is 1. The maximum atomic E-state index is 12.9. The van der Waals surface area contributed by atoms with Crippen molar-refractivity contribution in [1.29, 1.82) is 0 Å². The zero-order chi connectivity index (χ0) is 28.9. The van der Waals surface area contributed by atoms with E-state index in [1.54, 1.807) is 73.7 Å². The number of phenols is 1. The van der Waals surface area contributed by atoms with Crippen LogP contribution in [0.3, 0.4) is 0 Å². The molecule has 0 saturated carbocycles. The number of anilines is 2. The van der Waals surface area contributed by atoms with Gasteiger partial charge in [0.25, 0.3) is 11.8 Å². The molecule has 0 atom stereocenters. The predicted molar refractivity (Wildman–Crippen MR) is 141 cm³/mol. The molecule has 1 aromatic heterocycles. The van der Waals surface area contributed by atoms with E-state index in [-0.39, 0.29) is 22.8 Å². The molecule has 4 aromatic rings. The van der Waals surface area contributed by atoms with Crippen molar-refractivity contribution >= 4 is 29.2 Å². The Bertz CT molecular complexity index is 1550. The second-order valence-corrected chi connectivity index (χ2v) is 8.72. The van der Waals surface area contributed by atoms with Gasteiger partial charge in [-0.3, -0.25) is 14.6 Å². The summed E-state index contributed by atoms with van der Waals surface area (Å²) in [5, 5.41) is 14.9. The molecule has 204 valence electrons. The Morgan fingerprint density at radius 1 is 0.800 bits per heavy atom. The van der Waals surface area contributed by atoms with Crippen molar-refractivity contribution in [2.75, 3.05) is 17.2 Å². The lowest BCUT2D eigenvalue weighted by Gasteiger charge is -2.12. The maximum Gasteiger partial charge on any atom is 0.422 e. The van der Waals surface area contributed by atoms with Crippen molar-refractivity contribution in [3.63, 3.8) is 0 Å². The molecule has 11 heteroatoms. The van der Waals surface area contributed by atoms with E-state index in [1.165, 1.54) is 0 Å². The molecule has 0 saturated heterocycles. The van der Waals surface area contributed by atoms with E-state index in [9.17, 15) is 32.7 Å². The Morgan fingerprint density at radius 3 is 2.05 bits per heavy atom. The van der Waals surface area contributed by atoms with Crippen LogP contribution >= 0.6 is 0 Å². The van der Waals surface area contributed by atoms with Crippen molar-refractivity contribution in [3.05, 3.63) is 107 Å². The molecule has 0 unspecified atom stereocenters. The molecule has 40 heavy (non-hydrogen) atoms. The van der Waals surface area contributed by atoms with Gasteiger partial charge in [0.15, 0.2) is 6.61 Å². The Morgan fingerprint density at radius 2 is 1.40 bits per heavy atom. The van der Waals surface area contributed by atoms with E-state index in [0.717, 1.165) is 35.2 Å². The first-order chi connectivity index (χ1) is 19.0. The van der Waals surface area contributed by atoms with Gasteiger partial charge in [0.2, 0.25) is 0 Å². The number of esters is 1. The Balaban J connectivity index is 1.43. The molecule has 2 amide bonds. The van der Waals surface area contributed by atoms with Crippen LogP contribution in [0.1, 0.15) is 36.6 Å². The summed E-state index contributed by atoms with van der Waals surface area (Å²) in [6.45, 7) is 0.0117. The SMILES string of the molecule is Cc1ccc(NC(=O)c2cncc(C(=O)OCC(F)(F)F)c2)cc1NC(=O)c1ccc(-c2ccc(O)cc2)cc1. The summed E-state index contributed by atoms with van der Waals surface area (Å²) < 4.78 is 41.2. The van der Waals surface area contributed by atoms with Gasteiger partial charge in [-0.25, -0.2) is 4.79 Å². The molecule has 8 nitrogen and oxygen atoms in total. The van der Waals surface area contributed by atoms with Crippen molar-refractivity contribution < 1.29 is 37.4 Å². The highest BCUT2D eigenvalue weighted by Crippen LogP contribution is 2.24. The largest absolute Gasteiger partial charge is 0.508 e. The van der Waals surface area contributed by atoms with Gasteiger partial charge in [-0.05, 0) is 66.1 Å². The van der Waals surface area contributed by atoms with Gasteiger partial charge in [0, 0.05) is 29.3 Å². The summed E-state index contributed by atoms with van der Waals surface area (Å²) in [6.07, 6.45) is -2.55. The van der Waals surface area contributed by atoms with Gasteiger partial charge in [0.05, 0.1) is 11.1 Å². The number of alkyl halides is 3. The van der Waals surface area contributed by atoms with Crippen LogP contribution in [-0.2, 0) is 4.74 Å². The number of hydrogen-bond donors (Lipinski definition) is 3. The number of carbonyl (C=O) groups is 3. The van der Waals surface area contributed by atoms with E-state index in [0.29, 0.717) is 16.9 Å². The van der Waals surface area contributed by atoms with E-state index < -0.39 is 24.7 Å². The third kappa shape index (κ3) is 7.22. The fraction of sp³-hybridized carbons (Fsp3) is 0.103. The second kappa shape index (κ2) is 11.7. The minimum atomic E-state index is -4.69. The lowest BCUT2D eigenvalue weighted by molar-refractivity contribution is -0.161. The lowest BCUT2D eigenvalue weighted by atomic mass is 10.0. The number of phenolic OH excluding ortho intramolecular Hbond substituents is 1. The zero-order valence-corrected chi connectivity index (χ0v) is 21.0. The average Bonchev–Trinajstić information content (AvgIpc) is 2.93. The quantitative estimate of drug-likeness (QED) is 0.244. The molecule has 3 N–H and O–H groups in total. The molecule has 1 heterocycles. The molecule has 0 radical (unpaired) electrons. The molecular formula is C29H22F3N3O5. The lowest BCUT2D eigenvalue weighted by Crippen LogP contribution is -2.21. The number of amides is 2. The van der Waals surface area contributed by atoms with Gasteiger partial charge < -0.3 is 20.5 Å². The number of benzene rings is 3. The number of halogens is 3. The van der Waals surface area contributed by atoms with Gasteiger partial charge in [-0.15, -0.1) is 0 Å². The maximum absolute atomic E-state index is 12.9. The Hall–Kier alpha value is -5.19. The van der Waals surface area contributed by atoms with E-state index >= 15 is 0 Å². The first-order valence-corrected chi connectivity index (χ1v) is 11.8. The Labute approximate surface area is 226 Å². The van der Waals surface area contributed by atoms with Gasteiger partial charge >= 0.3 is 12.1 Å². The third-order valence-electron chi connectivity index (χ3n) is 5.69. The van der Waals surface area contributed by atoms with Crippen LogP contribution in [-0.4, -0.2) is 40.7 Å². The van der Waals surface area contributed by atoms with E-state index in [4.69, 9.17) is 0 Å². The van der Waals surface area contributed by atoms with Crippen LogP contribution in [0.2, 0.25) is 0 Å². The van der Waals surface area contributed by atoms with E-state index in [2.05, 4.69) is 20.4 Å². The predicted octanol–water partition coefficient (Wildman–Crippen LogP) is 5.99. The number of rotatable bonds is 7. The number of nitrogens with one attached hydrogen (secondary N) is 2. The fourth-order valence-corrected chi connectivity index (χ4v) is 3.61. The monoisotopic (exact) mass is 549 g/mol. The van der Waals surface area contributed by atoms with Crippen molar-refractivity contribution in [1.82, 2.24) is 4.98 Å². The highest BCUT2D eigenvalue weighted by molar-refractivity contribution is 6.07. The molecule has 0 spiro atoms. The molecule has 0 aliphatic rings. The number of pyridine rings is 1. The summed E-state index contributed by atoms with van der Waals surface area (Å²) in [5.41, 5.74) is 3.23. The third-order valence-corrected chi connectivity index (χ3v) is 5.69. The summed E-state index contributed by atoms with van der Waals surface area (Å²) in [7, 11) is 0. The van der Waals surface area contributed by atoms with Crippen LogP contribution in [0.15, 0.2) is 85.2 Å². The normalized spacial score (nSPS) is 11.0. The number of carbonyl (C=O) groups excluding carboxylic acids is 3. The highest BCUT2D eigenvalue weighted by Gasteiger charge is 2.30. The van der Waals surface area contributed by atoms with Gasteiger partial charge in [-0.1, -0.05) is 30.3 Å². The topological polar surface area (TPSA) is 118 Å². The first-order valence-electron chi connectivity index (χ1n) is 11.8.